The van der Waals surface area contributed by atoms with E-state index in [0.29, 0.717) is 39.9 Å². The molecule has 4 aromatic rings. The van der Waals surface area contributed by atoms with E-state index >= 15 is 0 Å². The molecule has 0 aliphatic rings. The summed E-state index contributed by atoms with van der Waals surface area (Å²) >= 11 is 6.31. The van der Waals surface area contributed by atoms with Crippen molar-refractivity contribution in [1.82, 2.24) is 34.7 Å². The van der Waals surface area contributed by atoms with Crippen molar-refractivity contribution in [3.63, 3.8) is 0 Å². The standard InChI is InChI=1S/C19H19ClN8O2/c1-3-6-16(29)22-15-10-4-7-12(21-15)11-30-19-23-17-13(20)8-5-9-14(17)28(19)18-24-25-26-27(18)2/h4-5,7-10H,3,6,11H2,1-2H3,(H,21,22,29). The van der Waals surface area contributed by atoms with Crippen molar-refractivity contribution in [3.8, 4) is 12.0 Å². The normalized spacial score (nSPS) is 11.0. The highest BCUT2D eigenvalue weighted by Gasteiger charge is 2.19. The van der Waals surface area contributed by atoms with E-state index < -0.39 is 0 Å². The lowest BCUT2D eigenvalue weighted by molar-refractivity contribution is -0.116. The van der Waals surface area contributed by atoms with Crippen LogP contribution in [-0.2, 0) is 18.4 Å². The molecule has 1 amide bonds. The van der Waals surface area contributed by atoms with Crippen LogP contribution in [0.25, 0.3) is 17.0 Å². The molecule has 0 saturated carbocycles. The van der Waals surface area contributed by atoms with Gasteiger partial charge in [0.05, 0.1) is 16.2 Å². The van der Waals surface area contributed by atoms with Crippen LogP contribution in [0.4, 0.5) is 5.82 Å². The maximum atomic E-state index is 11.8. The van der Waals surface area contributed by atoms with E-state index in [1.807, 2.05) is 19.1 Å². The van der Waals surface area contributed by atoms with Gasteiger partial charge in [0.2, 0.25) is 5.91 Å². The summed E-state index contributed by atoms with van der Waals surface area (Å²) in [5, 5.41) is 14.9. The van der Waals surface area contributed by atoms with Crippen LogP contribution < -0.4 is 10.1 Å². The number of nitrogens with one attached hydrogen (secondary N) is 1. The number of hydrogen-bond donors (Lipinski definition) is 1. The molecule has 0 fully saturated rings. The van der Waals surface area contributed by atoms with Crippen molar-refractivity contribution in [3.05, 3.63) is 47.1 Å². The first-order chi connectivity index (χ1) is 14.6. The van der Waals surface area contributed by atoms with Gasteiger partial charge in [0.25, 0.3) is 5.95 Å². The Kier molecular flexibility index (Phi) is 5.57. The Hall–Kier alpha value is -3.53. The zero-order chi connectivity index (χ0) is 21.1. The summed E-state index contributed by atoms with van der Waals surface area (Å²) < 4.78 is 9.16. The lowest BCUT2D eigenvalue weighted by atomic mass is 10.3. The Morgan fingerprint density at radius 1 is 1.20 bits per heavy atom. The second-order valence-electron chi connectivity index (χ2n) is 6.54. The number of carbonyl (C=O) groups is 1. The van der Waals surface area contributed by atoms with Gasteiger partial charge in [0.15, 0.2) is 0 Å². The fourth-order valence-electron chi connectivity index (χ4n) is 2.95. The number of nitrogens with zero attached hydrogens (tertiary/aromatic N) is 7. The number of tetrazole rings is 1. The smallest absolute Gasteiger partial charge is 0.305 e. The number of hydrogen-bond acceptors (Lipinski definition) is 7. The number of benzene rings is 1. The van der Waals surface area contributed by atoms with Gasteiger partial charge < -0.3 is 10.1 Å². The maximum absolute atomic E-state index is 11.8. The zero-order valence-electron chi connectivity index (χ0n) is 16.4. The number of aromatic nitrogens is 7. The first-order valence-electron chi connectivity index (χ1n) is 9.35. The quantitative estimate of drug-likeness (QED) is 0.483. The molecule has 1 aromatic carbocycles. The fraction of sp³-hybridized carbons (Fsp3) is 0.263. The molecule has 30 heavy (non-hydrogen) atoms. The van der Waals surface area contributed by atoms with Crippen molar-refractivity contribution in [2.24, 2.45) is 7.05 Å². The summed E-state index contributed by atoms with van der Waals surface area (Å²) in [5.74, 6) is 0.834. The van der Waals surface area contributed by atoms with Crippen molar-refractivity contribution in [1.29, 1.82) is 0 Å². The van der Waals surface area contributed by atoms with Crippen LogP contribution in [0.15, 0.2) is 36.4 Å². The van der Waals surface area contributed by atoms with Crippen LogP contribution in [-0.4, -0.2) is 40.6 Å². The molecular weight excluding hydrogens is 408 g/mol. The molecule has 0 unspecified atom stereocenters. The van der Waals surface area contributed by atoms with Crippen LogP contribution >= 0.6 is 11.6 Å². The maximum Gasteiger partial charge on any atom is 0.305 e. The third kappa shape index (κ3) is 3.94. The fourth-order valence-corrected chi connectivity index (χ4v) is 3.16. The molecule has 154 valence electrons. The van der Waals surface area contributed by atoms with Gasteiger partial charge in [-0.25, -0.2) is 14.2 Å². The average molecular weight is 427 g/mol. The Morgan fingerprint density at radius 3 is 2.80 bits per heavy atom. The molecule has 0 bridgehead atoms. The number of fused-ring (bicyclic) bond motifs is 1. The van der Waals surface area contributed by atoms with Gasteiger partial charge in [0, 0.05) is 13.5 Å². The summed E-state index contributed by atoms with van der Waals surface area (Å²) in [7, 11) is 1.72. The molecule has 3 aromatic heterocycles. The van der Waals surface area contributed by atoms with Gasteiger partial charge in [-0.1, -0.05) is 35.8 Å². The summed E-state index contributed by atoms with van der Waals surface area (Å²) in [6.45, 7) is 2.08. The number of halogens is 1. The van der Waals surface area contributed by atoms with Crippen LogP contribution in [0, 0.1) is 0 Å². The van der Waals surface area contributed by atoms with Gasteiger partial charge in [-0.05, 0) is 41.1 Å². The number of amides is 1. The van der Waals surface area contributed by atoms with Gasteiger partial charge in [-0.3, -0.25) is 4.79 Å². The Balaban J connectivity index is 1.63. The molecule has 0 aliphatic heterocycles. The highest BCUT2D eigenvalue weighted by atomic mass is 35.5. The number of anilines is 1. The third-order valence-corrected chi connectivity index (χ3v) is 4.61. The monoisotopic (exact) mass is 426 g/mol. The SMILES string of the molecule is CCCC(=O)Nc1cccc(COc2nc3c(Cl)cccc3n2-c2nnnn2C)n1. The number of ether oxygens (including phenoxy) is 1. The van der Waals surface area contributed by atoms with Crippen molar-refractivity contribution >= 4 is 34.4 Å². The second kappa shape index (κ2) is 8.46. The molecule has 0 aliphatic carbocycles. The highest BCUT2D eigenvalue weighted by Crippen LogP contribution is 2.29. The lowest BCUT2D eigenvalue weighted by Gasteiger charge is -2.09. The van der Waals surface area contributed by atoms with Crippen molar-refractivity contribution in [2.75, 3.05) is 5.32 Å². The van der Waals surface area contributed by atoms with E-state index in [2.05, 4.69) is 30.8 Å². The summed E-state index contributed by atoms with van der Waals surface area (Å²) in [6, 6.07) is 11.1. The lowest BCUT2D eigenvalue weighted by Crippen LogP contribution is -2.13. The number of carbonyl (C=O) groups excluding carboxylic acids is 1. The largest absolute Gasteiger partial charge is 0.458 e. The topological polar surface area (TPSA) is 113 Å². The van der Waals surface area contributed by atoms with Crippen molar-refractivity contribution < 1.29 is 9.53 Å². The van der Waals surface area contributed by atoms with Crippen LogP contribution in [0.1, 0.15) is 25.5 Å². The number of para-hydroxylation sites is 1. The zero-order valence-corrected chi connectivity index (χ0v) is 17.2. The predicted octanol–water partition coefficient (Wildman–Crippen LogP) is 2.92. The van der Waals surface area contributed by atoms with Crippen LogP contribution in [0.2, 0.25) is 5.02 Å². The number of aryl methyl sites for hydroxylation is 1. The Morgan fingerprint density at radius 2 is 2.03 bits per heavy atom. The van der Waals surface area contributed by atoms with Crippen molar-refractivity contribution in [2.45, 2.75) is 26.4 Å². The second-order valence-corrected chi connectivity index (χ2v) is 6.95. The minimum absolute atomic E-state index is 0.0747. The molecule has 3 heterocycles. The van der Waals surface area contributed by atoms with Gasteiger partial charge in [0.1, 0.15) is 17.9 Å². The van der Waals surface area contributed by atoms with E-state index in [0.717, 1.165) is 6.42 Å². The van der Waals surface area contributed by atoms with Gasteiger partial charge >= 0.3 is 6.01 Å². The molecule has 1 N–H and O–H groups in total. The summed E-state index contributed by atoms with van der Waals surface area (Å²) in [5.41, 5.74) is 1.92. The first-order valence-corrected chi connectivity index (χ1v) is 9.73. The molecule has 11 heteroatoms. The van der Waals surface area contributed by atoms with E-state index in [1.54, 1.807) is 35.9 Å². The van der Waals surface area contributed by atoms with E-state index in [4.69, 9.17) is 16.3 Å². The molecule has 0 saturated heterocycles. The Bertz CT molecular complexity index is 1200. The number of imidazole rings is 1. The van der Waals surface area contributed by atoms with Gasteiger partial charge in [-0.15, -0.1) is 0 Å². The molecular formula is C19H19ClN8O2. The first kappa shape index (κ1) is 19.8. The Labute approximate surface area is 176 Å². The highest BCUT2D eigenvalue weighted by molar-refractivity contribution is 6.35. The predicted molar refractivity (Wildman–Crippen MR) is 111 cm³/mol. The van der Waals surface area contributed by atoms with E-state index in [9.17, 15) is 4.79 Å². The molecule has 0 spiro atoms. The molecule has 0 radical (unpaired) electrons. The summed E-state index contributed by atoms with van der Waals surface area (Å²) in [6.07, 6.45) is 1.21. The van der Waals surface area contributed by atoms with Gasteiger partial charge in [-0.2, -0.15) is 4.98 Å². The minimum Gasteiger partial charge on any atom is -0.458 e. The van der Waals surface area contributed by atoms with E-state index in [1.165, 1.54) is 4.68 Å². The molecule has 10 nitrogen and oxygen atoms in total. The van der Waals surface area contributed by atoms with Crippen LogP contribution in [0.3, 0.4) is 0 Å². The third-order valence-electron chi connectivity index (χ3n) is 4.30. The number of rotatable bonds is 7. The molecule has 0 atom stereocenters. The number of pyridine rings is 1. The minimum atomic E-state index is -0.0747. The average Bonchev–Trinajstić information content (AvgIpc) is 3.30. The van der Waals surface area contributed by atoms with E-state index in [-0.39, 0.29) is 18.5 Å². The summed E-state index contributed by atoms with van der Waals surface area (Å²) in [4.78, 5) is 20.8. The van der Waals surface area contributed by atoms with Crippen LogP contribution in [0.5, 0.6) is 6.01 Å². The molecule has 4 rings (SSSR count).